The summed E-state index contributed by atoms with van der Waals surface area (Å²) in [5, 5.41) is 11.6. The molecule has 0 radical (unpaired) electrons. The second kappa shape index (κ2) is 8.00. The van der Waals surface area contributed by atoms with Gasteiger partial charge in [0.15, 0.2) is 0 Å². The minimum Gasteiger partial charge on any atom is -0.478 e. The lowest BCUT2D eigenvalue weighted by molar-refractivity contribution is -0.114. The first kappa shape index (κ1) is 15.8. The number of hydrogen-bond acceptors (Lipinski definition) is 2. The molecule has 0 atom stereocenters. The fourth-order valence-corrected chi connectivity index (χ4v) is 1.70. The number of nitrogens with one attached hydrogen (secondary N) is 1. The molecule has 4 nitrogen and oxygen atoms in total. The van der Waals surface area contributed by atoms with E-state index >= 15 is 0 Å². The molecule has 106 valence electrons. The van der Waals surface area contributed by atoms with Crippen LogP contribution in [-0.4, -0.2) is 17.0 Å². The van der Waals surface area contributed by atoms with Crippen molar-refractivity contribution in [3.63, 3.8) is 0 Å². The molecule has 0 spiro atoms. The summed E-state index contributed by atoms with van der Waals surface area (Å²) in [6.07, 6.45) is 4.14. The Balaban J connectivity index is 2.93. The standard InChI is InChI=1S/C16H19NO3/c1-3-4-5-6-7-8-13-9-10-14(16(19)20)11-15(13)17-12(2)18/h9-11H,3-6H2,1-2H3,(H,17,18)(H,19,20). The molecule has 0 saturated carbocycles. The highest BCUT2D eigenvalue weighted by Gasteiger charge is 2.08. The number of carbonyl (C=O) groups excluding carboxylic acids is 1. The third kappa shape index (κ3) is 5.15. The van der Waals surface area contributed by atoms with Crippen LogP contribution in [0.3, 0.4) is 0 Å². The Labute approximate surface area is 119 Å². The molecule has 20 heavy (non-hydrogen) atoms. The van der Waals surface area contributed by atoms with Gasteiger partial charge in [0.05, 0.1) is 11.3 Å². The van der Waals surface area contributed by atoms with E-state index in [0.717, 1.165) is 25.7 Å². The third-order valence-corrected chi connectivity index (χ3v) is 2.71. The van der Waals surface area contributed by atoms with Gasteiger partial charge < -0.3 is 10.4 Å². The van der Waals surface area contributed by atoms with Crippen molar-refractivity contribution in [3.05, 3.63) is 29.3 Å². The van der Waals surface area contributed by atoms with Crippen LogP contribution in [0.15, 0.2) is 18.2 Å². The number of benzene rings is 1. The summed E-state index contributed by atoms with van der Waals surface area (Å²) in [6.45, 7) is 3.51. The normalized spacial score (nSPS) is 9.50. The maximum atomic E-state index is 11.2. The quantitative estimate of drug-likeness (QED) is 0.639. The zero-order chi connectivity index (χ0) is 15.0. The number of carbonyl (C=O) groups is 2. The smallest absolute Gasteiger partial charge is 0.335 e. The molecule has 0 aliphatic carbocycles. The number of aromatic carboxylic acids is 1. The van der Waals surface area contributed by atoms with E-state index in [1.807, 2.05) is 0 Å². The Morgan fingerprint density at radius 2 is 2.05 bits per heavy atom. The van der Waals surface area contributed by atoms with Crippen molar-refractivity contribution in [1.29, 1.82) is 0 Å². The number of rotatable bonds is 5. The molecule has 2 N–H and O–H groups in total. The van der Waals surface area contributed by atoms with Gasteiger partial charge in [-0.25, -0.2) is 4.79 Å². The van der Waals surface area contributed by atoms with E-state index in [4.69, 9.17) is 5.11 Å². The zero-order valence-corrected chi connectivity index (χ0v) is 11.8. The van der Waals surface area contributed by atoms with Crippen molar-refractivity contribution >= 4 is 17.6 Å². The fraction of sp³-hybridized carbons (Fsp3) is 0.375. The van der Waals surface area contributed by atoms with Gasteiger partial charge in [-0.1, -0.05) is 31.6 Å². The summed E-state index contributed by atoms with van der Waals surface area (Å²) < 4.78 is 0. The lowest BCUT2D eigenvalue weighted by Crippen LogP contribution is -2.08. The van der Waals surface area contributed by atoms with Crippen molar-refractivity contribution < 1.29 is 14.7 Å². The molecule has 0 bridgehead atoms. The Bertz CT molecular complexity index is 553. The molecule has 0 aromatic heterocycles. The van der Waals surface area contributed by atoms with Crippen LogP contribution in [0.5, 0.6) is 0 Å². The van der Waals surface area contributed by atoms with Gasteiger partial charge in [-0.05, 0) is 24.6 Å². The largest absolute Gasteiger partial charge is 0.478 e. The van der Waals surface area contributed by atoms with Crippen LogP contribution in [-0.2, 0) is 4.79 Å². The predicted octanol–water partition coefficient (Wildman–Crippen LogP) is 3.28. The molecule has 1 rings (SSSR count). The molecular formula is C16H19NO3. The average Bonchev–Trinajstić information content (AvgIpc) is 2.39. The van der Waals surface area contributed by atoms with E-state index in [1.54, 1.807) is 6.07 Å². The highest BCUT2D eigenvalue weighted by molar-refractivity contribution is 5.94. The molecule has 0 aliphatic rings. The van der Waals surface area contributed by atoms with Crippen molar-refractivity contribution in [2.24, 2.45) is 0 Å². The van der Waals surface area contributed by atoms with Gasteiger partial charge in [0.1, 0.15) is 0 Å². The van der Waals surface area contributed by atoms with Gasteiger partial charge >= 0.3 is 5.97 Å². The van der Waals surface area contributed by atoms with Gasteiger partial charge in [0.2, 0.25) is 5.91 Å². The van der Waals surface area contributed by atoms with Gasteiger partial charge in [-0.2, -0.15) is 0 Å². The van der Waals surface area contributed by atoms with Crippen molar-refractivity contribution in [3.8, 4) is 11.8 Å². The molecule has 0 fully saturated rings. The number of carboxylic acid groups (broad SMARTS) is 1. The van der Waals surface area contributed by atoms with E-state index in [2.05, 4.69) is 24.1 Å². The summed E-state index contributed by atoms with van der Waals surface area (Å²) in [7, 11) is 0. The minimum atomic E-state index is -1.03. The number of amides is 1. The van der Waals surface area contributed by atoms with E-state index in [1.165, 1.54) is 19.1 Å². The van der Waals surface area contributed by atoms with E-state index in [9.17, 15) is 9.59 Å². The Hall–Kier alpha value is -2.28. The highest BCUT2D eigenvalue weighted by Crippen LogP contribution is 2.17. The summed E-state index contributed by atoms with van der Waals surface area (Å²) in [4.78, 5) is 22.1. The zero-order valence-electron chi connectivity index (χ0n) is 11.8. The average molecular weight is 273 g/mol. The number of hydrogen-bond donors (Lipinski definition) is 2. The van der Waals surface area contributed by atoms with Crippen LogP contribution < -0.4 is 5.32 Å². The summed E-state index contributed by atoms with van der Waals surface area (Å²) in [6, 6.07) is 4.55. The molecule has 1 aromatic carbocycles. The number of carboxylic acids is 1. The van der Waals surface area contributed by atoms with Crippen LogP contribution in [0, 0.1) is 11.8 Å². The molecule has 0 heterocycles. The predicted molar refractivity (Wildman–Crippen MR) is 78.7 cm³/mol. The lowest BCUT2D eigenvalue weighted by Gasteiger charge is -2.06. The summed E-state index contributed by atoms with van der Waals surface area (Å²) in [5.74, 6) is 4.76. The first-order valence-electron chi connectivity index (χ1n) is 6.68. The Morgan fingerprint density at radius 1 is 1.30 bits per heavy atom. The Morgan fingerprint density at radius 3 is 2.65 bits per heavy atom. The minimum absolute atomic E-state index is 0.130. The fourth-order valence-electron chi connectivity index (χ4n) is 1.70. The van der Waals surface area contributed by atoms with Gasteiger partial charge in [0.25, 0.3) is 0 Å². The monoisotopic (exact) mass is 273 g/mol. The lowest BCUT2D eigenvalue weighted by atomic mass is 10.1. The third-order valence-electron chi connectivity index (χ3n) is 2.71. The topological polar surface area (TPSA) is 66.4 Å². The maximum absolute atomic E-state index is 11.2. The molecule has 1 amide bonds. The second-order valence-corrected chi connectivity index (χ2v) is 4.51. The summed E-state index contributed by atoms with van der Waals surface area (Å²) in [5.41, 5.74) is 1.22. The van der Waals surface area contributed by atoms with E-state index < -0.39 is 5.97 Å². The molecular weight excluding hydrogens is 254 g/mol. The van der Waals surface area contributed by atoms with Crippen molar-refractivity contribution in [1.82, 2.24) is 0 Å². The SMILES string of the molecule is CCCCCC#Cc1ccc(C(=O)O)cc1NC(C)=O. The highest BCUT2D eigenvalue weighted by atomic mass is 16.4. The first-order valence-corrected chi connectivity index (χ1v) is 6.68. The van der Waals surface area contributed by atoms with E-state index in [-0.39, 0.29) is 11.5 Å². The van der Waals surface area contributed by atoms with Gasteiger partial charge in [0, 0.05) is 18.9 Å². The van der Waals surface area contributed by atoms with Crippen molar-refractivity contribution in [2.45, 2.75) is 39.5 Å². The molecule has 0 unspecified atom stereocenters. The van der Waals surface area contributed by atoms with Crippen molar-refractivity contribution in [2.75, 3.05) is 5.32 Å². The maximum Gasteiger partial charge on any atom is 0.335 e. The molecule has 0 aliphatic heterocycles. The number of anilines is 1. The molecule has 4 heteroatoms. The molecule has 0 saturated heterocycles. The van der Waals surface area contributed by atoms with Gasteiger partial charge in [-0.3, -0.25) is 4.79 Å². The second-order valence-electron chi connectivity index (χ2n) is 4.51. The van der Waals surface area contributed by atoms with Crippen LogP contribution in [0.25, 0.3) is 0 Å². The summed E-state index contributed by atoms with van der Waals surface area (Å²) >= 11 is 0. The van der Waals surface area contributed by atoms with Crippen LogP contribution in [0.1, 0.15) is 55.5 Å². The first-order chi connectivity index (χ1) is 9.54. The number of unbranched alkanes of at least 4 members (excludes halogenated alkanes) is 3. The van der Waals surface area contributed by atoms with Gasteiger partial charge in [-0.15, -0.1) is 0 Å². The van der Waals surface area contributed by atoms with Crippen LogP contribution >= 0.6 is 0 Å². The Kier molecular flexibility index (Phi) is 6.31. The van der Waals surface area contributed by atoms with Crippen LogP contribution in [0.2, 0.25) is 0 Å². The van der Waals surface area contributed by atoms with E-state index in [0.29, 0.717) is 11.3 Å². The molecule has 1 aromatic rings. The van der Waals surface area contributed by atoms with Crippen LogP contribution in [0.4, 0.5) is 5.69 Å².